The molecule has 10 nitrogen and oxygen atoms in total. The third-order valence-electron chi connectivity index (χ3n) is 8.15. The minimum atomic E-state index is -0.697. The zero-order valence-corrected chi connectivity index (χ0v) is 26.5. The molecule has 0 aliphatic carbocycles. The number of ether oxygens (including phenoxy) is 3. The first-order chi connectivity index (χ1) is 22.9. The molecule has 3 heterocycles. The lowest BCUT2D eigenvalue weighted by molar-refractivity contribution is -0.0174. The van der Waals surface area contributed by atoms with Crippen LogP contribution in [0, 0.1) is 5.82 Å². The molecule has 0 bridgehead atoms. The highest BCUT2D eigenvalue weighted by Crippen LogP contribution is 2.28. The van der Waals surface area contributed by atoms with E-state index in [0.717, 1.165) is 31.2 Å². The molecule has 0 radical (unpaired) electrons. The molecule has 1 saturated heterocycles. The average Bonchev–Trinajstić information content (AvgIpc) is 3.09. The summed E-state index contributed by atoms with van der Waals surface area (Å²) in [5, 5.41) is 4.76. The summed E-state index contributed by atoms with van der Waals surface area (Å²) in [6.45, 7) is 9.33. The van der Waals surface area contributed by atoms with Crippen molar-refractivity contribution >= 4 is 11.8 Å². The second kappa shape index (κ2) is 16.1. The number of fused-ring (bicyclic) bond motifs is 2. The largest absolute Gasteiger partial charge is 0.493 e. The van der Waals surface area contributed by atoms with Gasteiger partial charge in [-0.3, -0.25) is 24.1 Å². The summed E-state index contributed by atoms with van der Waals surface area (Å²) in [5.41, 5.74) is 0.518. The van der Waals surface area contributed by atoms with Gasteiger partial charge in [-0.2, -0.15) is 0 Å². The van der Waals surface area contributed by atoms with Gasteiger partial charge in [0.1, 0.15) is 29.9 Å². The minimum Gasteiger partial charge on any atom is -0.493 e. The first-order valence-corrected chi connectivity index (χ1v) is 16.0. The molecule has 47 heavy (non-hydrogen) atoms. The molecule has 0 saturated carbocycles. The highest BCUT2D eigenvalue weighted by atomic mass is 19.1. The zero-order valence-electron chi connectivity index (χ0n) is 26.5. The third kappa shape index (κ3) is 7.91. The van der Waals surface area contributed by atoms with Crippen LogP contribution in [0.25, 0.3) is 0 Å². The summed E-state index contributed by atoms with van der Waals surface area (Å²) < 4.78 is 33.2. The Hall–Kier alpha value is -4.90. The van der Waals surface area contributed by atoms with Gasteiger partial charge in [0, 0.05) is 37.5 Å². The quantitative estimate of drug-likeness (QED) is 0.174. The van der Waals surface area contributed by atoms with Gasteiger partial charge in [0.25, 0.3) is 11.8 Å². The van der Waals surface area contributed by atoms with E-state index < -0.39 is 23.3 Å². The molecule has 2 aliphatic heterocycles. The number of morpholine rings is 1. The number of aromatic nitrogens is 1. The van der Waals surface area contributed by atoms with Crippen molar-refractivity contribution in [1.29, 1.82) is 0 Å². The standard InChI is InChI=1S/C36H41FN4O6/c1-3-5-7-8-12-17-40-31-25-45-20-18-39(31)36(44)32-34(47-24-26-13-10-9-11-14-26)33(42)29(23-41(32)40)35(43)38-22-27-15-16-28(37)21-30(27)46-19-6-4-2/h3-4,9-11,13-16,21,23,31H,1-2,5-8,12,17-20,22,24-25H2,(H,38,43). The van der Waals surface area contributed by atoms with Gasteiger partial charge in [0.15, 0.2) is 11.4 Å². The summed E-state index contributed by atoms with van der Waals surface area (Å²) >= 11 is 0. The monoisotopic (exact) mass is 644 g/mol. The second-order valence-electron chi connectivity index (χ2n) is 11.4. The lowest BCUT2D eigenvalue weighted by Crippen LogP contribution is -2.65. The van der Waals surface area contributed by atoms with Crippen LogP contribution < -0.4 is 25.2 Å². The number of hydrogen-bond acceptors (Lipinski definition) is 7. The Labute approximate surface area is 274 Å². The van der Waals surface area contributed by atoms with Crippen LogP contribution in [-0.2, 0) is 17.9 Å². The van der Waals surface area contributed by atoms with E-state index in [1.165, 1.54) is 24.4 Å². The number of nitrogens with zero attached hydrogens (tertiary/aromatic N) is 3. The Morgan fingerprint density at radius 1 is 1.04 bits per heavy atom. The zero-order chi connectivity index (χ0) is 33.2. The van der Waals surface area contributed by atoms with Crippen LogP contribution in [0.4, 0.5) is 4.39 Å². The number of amides is 2. The Morgan fingerprint density at radius 3 is 2.64 bits per heavy atom. The topological polar surface area (TPSA) is 102 Å². The van der Waals surface area contributed by atoms with E-state index in [4.69, 9.17) is 14.2 Å². The number of carbonyl (C=O) groups is 2. The van der Waals surface area contributed by atoms with E-state index in [1.54, 1.807) is 15.7 Å². The number of pyridine rings is 1. The predicted molar refractivity (Wildman–Crippen MR) is 177 cm³/mol. The van der Waals surface area contributed by atoms with Gasteiger partial charge in [-0.15, -0.1) is 13.2 Å². The first-order valence-electron chi connectivity index (χ1n) is 16.0. The molecule has 1 aromatic heterocycles. The van der Waals surface area contributed by atoms with Crippen molar-refractivity contribution in [3.63, 3.8) is 0 Å². The molecule has 1 atom stereocenters. The van der Waals surface area contributed by atoms with Gasteiger partial charge in [0.05, 0.1) is 19.8 Å². The smallest absolute Gasteiger partial charge is 0.278 e. The number of rotatable bonds is 16. The number of benzene rings is 2. The molecule has 2 amide bonds. The maximum atomic E-state index is 14.0. The molecular formula is C36H41FN4O6. The van der Waals surface area contributed by atoms with Crippen molar-refractivity contribution in [2.24, 2.45) is 0 Å². The predicted octanol–water partition coefficient (Wildman–Crippen LogP) is 4.95. The number of hydrogen-bond donors (Lipinski definition) is 1. The summed E-state index contributed by atoms with van der Waals surface area (Å²) in [6, 6.07) is 13.3. The van der Waals surface area contributed by atoms with Gasteiger partial charge in [-0.05, 0) is 37.3 Å². The van der Waals surface area contributed by atoms with E-state index in [-0.39, 0.29) is 48.4 Å². The summed E-state index contributed by atoms with van der Waals surface area (Å²) in [7, 11) is 0. The molecule has 2 aliphatic rings. The minimum absolute atomic E-state index is 0.0243. The molecule has 1 fully saturated rings. The Bertz CT molecular complexity index is 1640. The van der Waals surface area contributed by atoms with Crippen molar-refractivity contribution in [2.75, 3.05) is 37.9 Å². The average molecular weight is 645 g/mol. The van der Waals surface area contributed by atoms with Crippen LogP contribution in [0.2, 0.25) is 0 Å². The van der Waals surface area contributed by atoms with Gasteiger partial charge >= 0.3 is 0 Å². The second-order valence-corrected chi connectivity index (χ2v) is 11.4. The van der Waals surface area contributed by atoms with E-state index in [0.29, 0.717) is 38.3 Å². The maximum Gasteiger partial charge on any atom is 0.278 e. The number of unbranched alkanes of at least 4 members (excludes halogenated alkanes) is 3. The van der Waals surface area contributed by atoms with Crippen molar-refractivity contribution in [3.8, 4) is 11.5 Å². The van der Waals surface area contributed by atoms with Crippen LogP contribution in [0.3, 0.4) is 0 Å². The highest BCUT2D eigenvalue weighted by molar-refractivity contribution is 5.99. The number of nitrogens with one attached hydrogen (secondary N) is 1. The summed E-state index contributed by atoms with van der Waals surface area (Å²) in [4.78, 5) is 43.5. The van der Waals surface area contributed by atoms with Crippen molar-refractivity contribution in [1.82, 2.24) is 14.9 Å². The lowest BCUT2D eigenvalue weighted by atomic mass is 10.1. The Kier molecular flexibility index (Phi) is 11.5. The fraction of sp³-hybridized carbons (Fsp3) is 0.361. The van der Waals surface area contributed by atoms with Gasteiger partial charge in [-0.25, -0.2) is 4.39 Å². The van der Waals surface area contributed by atoms with E-state index >= 15 is 0 Å². The maximum absolute atomic E-state index is 14.0. The Morgan fingerprint density at radius 2 is 1.85 bits per heavy atom. The van der Waals surface area contributed by atoms with Gasteiger partial charge in [-0.1, -0.05) is 55.0 Å². The van der Waals surface area contributed by atoms with Crippen LogP contribution in [0.5, 0.6) is 11.5 Å². The lowest BCUT2D eigenvalue weighted by Gasteiger charge is -2.48. The molecule has 2 aromatic carbocycles. The van der Waals surface area contributed by atoms with Crippen molar-refractivity contribution < 1.29 is 28.2 Å². The van der Waals surface area contributed by atoms with Crippen LogP contribution in [0.15, 0.2) is 84.8 Å². The van der Waals surface area contributed by atoms with E-state index in [1.807, 2.05) is 41.4 Å². The molecule has 0 spiro atoms. The van der Waals surface area contributed by atoms with Crippen molar-refractivity contribution in [3.05, 3.63) is 118 Å². The molecule has 5 rings (SSSR count). The van der Waals surface area contributed by atoms with Crippen molar-refractivity contribution in [2.45, 2.75) is 51.4 Å². The third-order valence-corrected chi connectivity index (χ3v) is 8.15. The number of carbonyl (C=O) groups excluding carboxylic acids is 2. The van der Waals surface area contributed by atoms with Gasteiger partial charge < -0.3 is 24.4 Å². The van der Waals surface area contributed by atoms with E-state index in [9.17, 15) is 18.8 Å². The molecular weight excluding hydrogens is 603 g/mol. The van der Waals surface area contributed by atoms with Gasteiger partial charge in [0.2, 0.25) is 5.43 Å². The SMILES string of the molecule is C=CCCCCCN1C2COCCN2C(=O)c2c(OCc3ccccc3)c(=O)c(C(=O)NCc3ccc(F)cc3OCCC=C)cn21. The molecule has 3 aromatic rings. The fourth-order valence-corrected chi connectivity index (χ4v) is 5.68. The van der Waals surface area contributed by atoms with Crippen LogP contribution >= 0.6 is 0 Å². The van der Waals surface area contributed by atoms with Crippen LogP contribution in [0.1, 0.15) is 64.1 Å². The summed E-state index contributed by atoms with van der Waals surface area (Å²) in [5.74, 6) is -1.41. The number of halogens is 1. The fourth-order valence-electron chi connectivity index (χ4n) is 5.68. The Balaban J connectivity index is 1.51. The molecule has 248 valence electrons. The number of allylic oxidation sites excluding steroid dienone is 1. The molecule has 1 unspecified atom stereocenters. The molecule has 11 heteroatoms. The van der Waals surface area contributed by atoms with E-state index in [2.05, 4.69) is 18.5 Å². The first kappa shape index (κ1) is 33.5. The summed E-state index contributed by atoms with van der Waals surface area (Å²) in [6.07, 6.45) is 8.75. The van der Waals surface area contributed by atoms with Crippen LogP contribution in [-0.4, -0.2) is 60.5 Å². The normalized spacial score (nSPS) is 15.4. The molecule has 1 N–H and O–H groups in total. The highest BCUT2D eigenvalue weighted by Gasteiger charge is 2.42.